The van der Waals surface area contributed by atoms with E-state index < -0.39 is 23.4 Å². The predicted octanol–water partition coefficient (Wildman–Crippen LogP) is 3.44. The van der Waals surface area contributed by atoms with Gasteiger partial charge in [0.2, 0.25) is 0 Å². The molecule has 0 aliphatic carbocycles. The van der Waals surface area contributed by atoms with Crippen LogP contribution in [-0.4, -0.2) is 47.2 Å². The van der Waals surface area contributed by atoms with Gasteiger partial charge in [-0.1, -0.05) is 16.8 Å². The zero-order valence-electron chi connectivity index (χ0n) is 18.1. The normalized spacial score (nSPS) is 11.1. The molecule has 3 aromatic rings. The lowest BCUT2D eigenvalue weighted by Crippen LogP contribution is -2.26. The van der Waals surface area contributed by atoms with Gasteiger partial charge in [0, 0.05) is 36.6 Å². The minimum absolute atomic E-state index is 0.0270. The quantitative estimate of drug-likeness (QED) is 0.148. The number of aromatic nitrogens is 2. The largest absolute Gasteiger partial charge is 0.459 e. The van der Waals surface area contributed by atoms with Gasteiger partial charge in [0.15, 0.2) is 23.3 Å². The molecule has 10 nitrogen and oxygen atoms in total. The molecule has 3 rings (SSSR count). The number of carbonyl (C=O) groups is 2. The molecule has 0 saturated heterocycles. The van der Waals surface area contributed by atoms with Crippen molar-refractivity contribution in [3.63, 3.8) is 0 Å². The second kappa shape index (κ2) is 10.9. The fourth-order valence-electron chi connectivity index (χ4n) is 2.71. The summed E-state index contributed by atoms with van der Waals surface area (Å²) in [4.78, 5) is 31.3. The number of amides is 2. The highest BCUT2D eigenvalue weighted by molar-refractivity contribution is 7.79. The molecule has 2 amide bonds. The lowest BCUT2D eigenvalue weighted by atomic mass is 10.2. The van der Waals surface area contributed by atoms with Crippen LogP contribution in [0, 0.1) is 11.6 Å². The minimum atomic E-state index is -1.23. The summed E-state index contributed by atoms with van der Waals surface area (Å²) in [5.41, 5.74) is 6.59. The van der Waals surface area contributed by atoms with Crippen molar-refractivity contribution in [2.45, 2.75) is 0 Å². The van der Waals surface area contributed by atoms with E-state index >= 15 is 0 Å². The van der Waals surface area contributed by atoms with E-state index in [1.54, 1.807) is 24.3 Å². The first kappa shape index (κ1) is 25.5. The number of oxime groups is 1. The first-order chi connectivity index (χ1) is 16.6. The van der Waals surface area contributed by atoms with Crippen LogP contribution in [0.5, 0.6) is 0 Å². The van der Waals surface area contributed by atoms with Crippen molar-refractivity contribution in [2.75, 3.05) is 24.4 Å². The van der Waals surface area contributed by atoms with Crippen LogP contribution in [0.4, 0.5) is 20.3 Å². The highest BCUT2D eigenvalue weighted by Crippen LogP contribution is 2.22. The molecular weight excluding hydrogens is 506 g/mol. The Hall–Kier alpha value is -4.10. The van der Waals surface area contributed by atoms with Gasteiger partial charge in [0.1, 0.15) is 5.69 Å². The first-order valence-corrected chi connectivity index (χ1v) is 10.4. The van der Waals surface area contributed by atoms with Crippen molar-refractivity contribution in [1.82, 2.24) is 10.2 Å². The minimum Gasteiger partial charge on any atom is -0.459 e. The lowest BCUT2D eigenvalue weighted by molar-refractivity contribution is 0.0986. The number of aromatic amines is 1. The molecular formula is C21H17ClF2N6O4S. The molecule has 0 aliphatic heterocycles. The second-order valence-electron chi connectivity index (χ2n) is 6.80. The molecule has 0 atom stereocenters. The maximum atomic E-state index is 13.5. The van der Waals surface area contributed by atoms with E-state index in [0.29, 0.717) is 23.4 Å². The summed E-state index contributed by atoms with van der Waals surface area (Å²) in [5, 5.41) is 11.9. The predicted molar refractivity (Wildman–Crippen MR) is 129 cm³/mol. The third-order valence-corrected chi connectivity index (χ3v) is 5.10. The van der Waals surface area contributed by atoms with Gasteiger partial charge in [-0.15, -0.1) is 0 Å². The van der Waals surface area contributed by atoms with Crippen LogP contribution >= 0.6 is 23.8 Å². The number of anilines is 2. The van der Waals surface area contributed by atoms with Gasteiger partial charge < -0.3 is 25.5 Å². The van der Waals surface area contributed by atoms with E-state index in [2.05, 4.69) is 25.4 Å². The summed E-state index contributed by atoms with van der Waals surface area (Å²) in [6.07, 6.45) is 0. The van der Waals surface area contributed by atoms with Crippen molar-refractivity contribution in [2.24, 2.45) is 10.9 Å². The SMILES string of the molecule is COC(=S)ON=C(N)c1ccc(N(C)C(=O)c2cc(NC(=O)c3cc(F)c(F)cc3Cl)n[nH]2)cc1. The molecule has 0 fully saturated rings. The zero-order chi connectivity index (χ0) is 25.7. The third-order valence-electron chi connectivity index (χ3n) is 4.54. The molecule has 0 unspecified atom stereocenters. The Morgan fingerprint density at radius 3 is 2.51 bits per heavy atom. The van der Waals surface area contributed by atoms with Crippen LogP contribution in [0.2, 0.25) is 5.02 Å². The summed E-state index contributed by atoms with van der Waals surface area (Å²) in [5.74, 6) is -3.72. The smallest absolute Gasteiger partial charge is 0.379 e. The molecule has 2 aromatic carbocycles. The van der Waals surface area contributed by atoms with Crippen LogP contribution in [-0.2, 0) is 9.57 Å². The Bertz CT molecular complexity index is 1320. The highest BCUT2D eigenvalue weighted by atomic mass is 35.5. The van der Waals surface area contributed by atoms with Crippen molar-refractivity contribution in [3.8, 4) is 0 Å². The number of ether oxygens (including phenoxy) is 1. The standard InChI is InChI=1S/C21H17ClF2N6O4S/c1-30(11-5-3-10(4-6-11)18(25)29-34-21(35)33-2)20(32)16-9-17(28-27-16)26-19(31)12-7-14(23)15(24)8-13(12)22/h3-9H,1-2H3,(H2,25,29)(H2,26,27,28,31). The van der Waals surface area contributed by atoms with Gasteiger partial charge in [-0.25, -0.2) is 8.78 Å². The van der Waals surface area contributed by atoms with Gasteiger partial charge in [0.25, 0.3) is 11.8 Å². The number of H-pyrrole nitrogens is 1. The number of carbonyl (C=O) groups excluding carboxylic acids is 2. The molecule has 14 heteroatoms. The average Bonchev–Trinajstić information content (AvgIpc) is 3.31. The number of methoxy groups -OCH3 is 1. The van der Waals surface area contributed by atoms with Gasteiger partial charge in [0.05, 0.1) is 17.7 Å². The first-order valence-electron chi connectivity index (χ1n) is 9.59. The number of nitrogens with two attached hydrogens (primary N) is 1. The van der Waals surface area contributed by atoms with E-state index in [4.69, 9.17) is 34.4 Å². The Balaban J connectivity index is 1.68. The fraction of sp³-hybridized carbons (Fsp3) is 0.0952. The Kier molecular flexibility index (Phi) is 7.94. The van der Waals surface area contributed by atoms with E-state index in [-0.39, 0.29) is 33.2 Å². The maximum absolute atomic E-state index is 13.5. The molecule has 1 aromatic heterocycles. The molecule has 0 bridgehead atoms. The summed E-state index contributed by atoms with van der Waals surface area (Å²) in [7, 11) is 2.85. The number of hydrogen-bond donors (Lipinski definition) is 3. The van der Waals surface area contributed by atoms with E-state index in [1.807, 2.05) is 0 Å². The summed E-state index contributed by atoms with van der Waals surface area (Å²) >= 11 is 10.5. The summed E-state index contributed by atoms with van der Waals surface area (Å²) in [6, 6.07) is 9.09. The average molecular weight is 523 g/mol. The van der Waals surface area contributed by atoms with Gasteiger partial charge in [-0.2, -0.15) is 5.10 Å². The Labute approximate surface area is 207 Å². The molecule has 182 valence electrons. The zero-order valence-corrected chi connectivity index (χ0v) is 19.7. The van der Waals surface area contributed by atoms with E-state index in [0.717, 1.165) is 0 Å². The van der Waals surface area contributed by atoms with E-state index in [9.17, 15) is 18.4 Å². The van der Waals surface area contributed by atoms with Gasteiger partial charge in [-0.05, 0) is 36.4 Å². The maximum Gasteiger partial charge on any atom is 0.379 e. The number of benzene rings is 2. The molecule has 0 spiro atoms. The van der Waals surface area contributed by atoms with Crippen molar-refractivity contribution < 1.29 is 27.9 Å². The number of rotatable bonds is 6. The van der Waals surface area contributed by atoms with Crippen molar-refractivity contribution >= 4 is 58.2 Å². The number of halogens is 3. The summed E-state index contributed by atoms with van der Waals surface area (Å²) < 4.78 is 31.3. The highest BCUT2D eigenvalue weighted by Gasteiger charge is 2.19. The van der Waals surface area contributed by atoms with Crippen molar-refractivity contribution in [1.29, 1.82) is 0 Å². The number of hydrogen-bond acceptors (Lipinski definition) is 7. The van der Waals surface area contributed by atoms with Crippen LogP contribution in [0.25, 0.3) is 0 Å². The Morgan fingerprint density at radius 2 is 1.86 bits per heavy atom. The molecule has 0 radical (unpaired) electrons. The number of thiocarbonyl (C=S) groups is 1. The molecule has 35 heavy (non-hydrogen) atoms. The molecule has 0 saturated carbocycles. The summed E-state index contributed by atoms with van der Waals surface area (Å²) in [6.45, 7) is 0. The van der Waals surface area contributed by atoms with Crippen LogP contribution < -0.4 is 16.0 Å². The topological polar surface area (TPSA) is 135 Å². The number of amidine groups is 1. The Morgan fingerprint density at radius 1 is 1.20 bits per heavy atom. The molecule has 1 heterocycles. The van der Waals surface area contributed by atoms with Crippen LogP contribution in [0.3, 0.4) is 0 Å². The monoisotopic (exact) mass is 522 g/mol. The van der Waals surface area contributed by atoms with Crippen molar-refractivity contribution in [3.05, 3.63) is 75.9 Å². The number of nitrogens with zero attached hydrogens (tertiary/aromatic N) is 3. The molecule has 0 aliphatic rings. The van der Waals surface area contributed by atoms with Gasteiger partial charge >= 0.3 is 5.24 Å². The number of nitrogens with one attached hydrogen (secondary N) is 2. The van der Waals surface area contributed by atoms with Crippen LogP contribution in [0.1, 0.15) is 26.4 Å². The lowest BCUT2D eigenvalue weighted by Gasteiger charge is -2.16. The molecule has 4 N–H and O–H groups in total. The van der Waals surface area contributed by atoms with Gasteiger partial charge in [-0.3, -0.25) is 14.7 Å². The third kappa shape index (κ3) is 6.07. The fourth-order valence-corrected chi connectivity index (χ4v) is 2.98. The second-order valence-corrected chi connectivity index (χ2v) is 7.54. The van der Waals surface area contributed by atoms with E-state index in [1.165, 1.54) is 25.1 Å². The van der Waals surface area contributed by atoms with Crippen LogP contribution in [0.15, 0.2) is 47.6 Å².